The van der Waals surface area contributed by atoms with Crippen molar-refractivity contribution in [2.45, 2.75) is 51.1 Å². The highest BCUT2D eigenvalue weighted by Gasteiger charge is 2.35. The molecule has 0 aromatic rings. The van der Waals surface area contributed by atoms with Gasteiger partial charge in [0.15, 0.2) is 0 Å². The number of carbonyl (C=O) groups is 2. The van der Waals surface area contributed by atoms with Crippen LogP contribution in [0.25, 0.3) is 0 Å². The van der Waals surface area contributed by atoms with E-state index in [1.165, 1.54) is 0 Å². The zero-order valence-electron chi connectivity index (χ0n) is 10.2. The number of nitrogens with zero attached hydrogens (tertiary/aromatic N) is 1. The number of hydrogen-bond acceptors (Lipinski definition) is 2. The Morgan fingerprint density at radius 2 is 2.00 bits per heavy atom. The van der Waals surface area contributed by atoms with Crippen molar-refractivity contribution in [2.24, 2.45) is 5.92 Å². The first-order valence-corrected chi connectivity index (χ1v) is 6.35. The van der Waals surface area contributed by atoms with E-state index >= 15 is 0 Å². The molecule has 0 spiro atoms. The van der Waals surface area contributed by atoms with Crippen LogP contribution in [0.4, 0.5) is 4.79 Å². The first-order valence-electron chi connectivity index (χ1n) is 6.35. The van der Waals surface area contributed by atoms with Crippen molar-refractivity contribution in [2.75, 3.05) is 6.54 Å². The third-order valence-corrected chi connectivity index (χ3v) is 3.52. The summed E-state index contributed by atoms with van der Waals surface area (Å²) in [6.07, 6.45) is 4.14. The van der Waals surface area contributed by atoms with Gasteiger partial charge in [0.1, 0.15) is 0 Å². The van der Waals surface area contributed by atoms with E-state index in [9.17, 15) is 9.59 Å². The standard InChI is InChI=1S/C12H20N2O3/c1-8-6-9(7-8)13-12(17)14(10-2-3-10)5-4-11(15)16/h8-10H,2-7H2,1H3,(H,13,17)(H,15,16). The smallest absolute Gasteiger partial charge is 0.317 e. The van der Waals surface area contributed by atoms with Crippen LogP contribution in [0.3, 0.4) is 0 Å². The molecule has 0 heterocycles. The lowest BCUT2D eigenvalue weighted by Crippen LogP contribution is -2.50. The molecule has 2 saturated carbocycles. The summed E-state index contributed by atoms with van der Waals surface area (Å²) in [5.74, 6) is -0.144. The number of carbonyl (C=O) groups excluding carboxylic acids is 1. The maximum absolute atomic E-state index is 12.0. The molecule has 0 bridgehead atoms. The quantitative estimate of drug-likeness (QED) is 0.763. The van der Waals surface area contributed by atoms with Gasteiger partial charge >= 0.3 is 12.0 Å². The molecule has 2 aliphatic carbocycles. The molecule has 0 aromatic carbocycles. The SMILES string of the molecule is CC1CC(NC(=O)N(CCC(=O)O)C2CC2)C1. The van der Waals surface area contributed by atoms with Crippen molar-refractivity contribution in [1.82, 2.24) is 10.2 Å². The van der Waals surface area contributed by atoms with Gasteiger partial charge in [0.25, 0.3) is 0 Å². The number of amides is 2. The molecule has 17 heavy (non-hydrogen) atoms. The molecule has 2 amide bonds. The summed E-state index contributed by atoms with van der Waals surface area (Å²) < 4.78 is 0. The molecule has 0 atom stereocenters. The molecule has 0 radical (unpaired) electrons. The Hall–Kier alpha value is -1.26. The van der Waals surface area contributed by atoms with Crippen molar-refractivity contribution in [3.05, 3.63) is 0 Å². The summed E-state index contributed by atoms with van der Waals surface area (Å²) in [4.78, 5) is 24.2. The molecular formula is C12H20N2O3. The predicted molar refractivity (Wildman–Crippen MR) is 62.7 cm³/mol. The van der Waals surface area contributed by atoms with E-state index in [0.717, 1.165) is 25.7 Å². The maximum atomic E-state index is 12.0. The van der Waals surface area contributed by atoms with Crippen LogP contribution < -0.4 is 5.32 Å². The number of hydrogen-bond donors (Lipinski definition) is 2. The van der Waals surface area contributed by atoms with E-state index in [0.29, 0.717) is 18.5 Å². The zero-order chi connectivity index (χ0) is 12.4. The van der Waals surface area contributed by atoms with Crippen LogP contribution in [-0.2, 0) is 4.79 Å². The summed E-state index contributed by atoms with van der Waals surface area (Å²) >= 11 is 0. The normalized spacial score (nSPS) is 27.1. The minimum absolute atomic E-state index is 0.0327. The summed E-state index contributed by atoms with van der Waals surface area (Å²) in [6, 6.07) is 0.487. The topological polar surface area (TPSA) is 69.6 Å². The fourth-order valence-electron chi connectivity index (χ4n) is 2.33. The lowest BCUT2D eigenvalue weighted by atomic mass is 9.82. The van der Waals surface area contributed by atoms with Gasteiger partial charge < -0.3 is 15.3 Å². The van der Waals surface area contributed by atoms with Crippen molar-refractivity contribution >= 4 is 12.0 Å². The Bertz CT molecular complexity index is 309. The van der Waals surface area contributed by atoms with Gasteiger partial charge in [0.2, 0.25) is 0 Å². The Morgan fingerprint density at radius 3 is 2.47 bits per heavy atom. The summed E-state index contributed by atoms with van der Waals surface area (Å²) in [5.41, 5.74) is 0. The van der Waals surface area contributed by atoms with Gasteiger partial charge in [-0.3, -0.25) is 4.79 Å². The fraction of sp³-hybridized carbons (Fsp3) is 0.833. The lowest BCUT2D eigenvalue weighted by Gasteiger charge is -2.35. The van der Waals surface area contributed by atoms with E-state index in [4.69, 9.17) is 5.11 Å². The molecule has 0 saturated heterocycles. The molecule has 2 rings (SSSR count). The third-order valence-electron chi connectivity index (χ3n) is 3.52. The van der Waals surface area contributed by atoms with E-state index < -0.39 is 5.97 Å². The number of carboxylic acids is 1. The molecule has 0 unspecified atom stereocenters. The Balaban J connectivity index is 1.78. The van der Waals surface area contributed by atoms with Gasteiger partial charge in [-0.25, -0.2) is 4.79 Å². The van der Waals surface area contributed by atoms with E-state index in [2.05, 4.69) is 12.2 Å². The number of nitrogens with one attached hydrogen (secondary N) is 1. The average Bonchev–Trinajstić information content (AvgIpc) is 2.99. The van der Waals surface area contributed by atoms with E-state index in [1.54, 1.807) is 4.90 Å². The molecule has 5 heteroatoms. The van der Waals surface area contributed by atoms with Gasteiger partial charge in [-0.05, 0) is 31.6 Å². The maximum Gasteiger partial charge on any atom is 0.317 e. The molecule has 2 aliphatic rings. The van der Waals surface area contributed by atoms with Crippen molar-refractivity contribution in [1.29, 1.82) is 0 Å². The van der Waals surface area contributed by atoms with Gasteiger partial charge in [-0.15, -0.1) is 0 Å². The molecular weight excluding hydrogens is 220 g/mol. The molecule has 0 aliphatic heterocycles. The highest BCUT2D eigenvalue weighted by Crippen LogP contribution is 2.29. The van der Waals surface area contributed by atoms with Crippen LogP contribution in [-0.4, -0.2) is 40.6 Å². The van der Waals surface area contributed by atoms with Crippen LogP contribution in [0.2, 0.25) is 0 Å². The third kappa shape index (κ3) is 3.35. The van der Waals surface area contributed by atoms with Crippen LogP contribution in [0.1, 0.15) is 39.0 Å². The van der Waals surface area contributed by atoms with Crippen LogP contribution >= 0.6 is 0 Å². The Morgan fingerprint density at radius 1 is 1.35 bits per heavy atom. The fourth-order valence-corrected chi connectivity index (χ4v) is 2.33. The van der Waals surface area contributed by atoms with Crippen molar-refractivity contribution in [3.63, 3.8) is 0 Å². The summed E-state index contributed by atoms with van der Waals surface area (Å²) in [7, 11) is 0. The van der Waals surface area contributed by atoms with Crippen molar-refractivity contribution < 1.29 is 14.7 Å². The monoisotopic (exact) mass is 240 g/mol. The predicted octanol–water partition coefficient (Wildman–Crippen LogP) is 1.43. The molecule has 96 valence electrons. The minimum atomic E-state index is -0.847. The highest BCUT2D eigenvalue weighted by molar-refractivity contribution is 5.76. The van der Waals surface area contributed by atoms with Gasteiger partial charge in [-0.2, -0.15) is 0 Å². The van der Waals surface area contributed by atoms with Crippen LogP contribution in [0.15, 0.2) is 0 Å². The second kappa shape index (κ2) is 4.94. The summed E-state index contributed by atoms with van der Waals surface area (Å²) in [6.45, 7) is 2.50. The number of aliphatic carboxylic acids is 1. The summed E-state index contributed by atoms with van der Waals surface area (Å²) in [5, 5.41) is 11.6. The number of rotatable bonds is 5. The number of carboxylic acid groups (broad SMARTS) is 1. The molecule has 5 nitrogen and oxygen atoms in total. The van der Waals surface area contributed by atoms with Gasteiger partial charge in [0.05, 0.1) is 6.42 Å². The average molecular weight is 240 g/mol. The molecule has 0 aromatic heterocycles. The van der Waals surface area contributed by atoms with Gasteiger partial charge in [0, 0.05) is 18.6 Å². The molecule has 2 fully saturated rings. The minimum Gasteiger partial charge on any atom is -0.481 e. The highest BCUT2D eigenvalue weighted by atomic mass is 16.4. The second-order valence-corrected chi connectivity index (χ2v) is 5.29. The first-order chi connectivity index (χ1) is 8.06. The van der Waals surface area contributed by atoms with Crippen molar-refractivity contribution in [3.8, 4) is 0 Å². The second-order valence-electron chi connectivity index (χ2n) is 5.29. The Labute approximate surface area is 101 Å². The number of urea groups is 1. The largest absolute Gasteiger partial charge is 0.481 e. The van der Waals surface area contributed by atoms with Crippen LogP contribution in [0.5, 0.6) is 0 Å². The lowest BCUT2D eigenvalue weighted by molar-refractivity contribution is -0.137. The Kier molecular flexibility index (Phi) is 3.54. The first kappa shape index (κ1) is 12.2. The van der Waals surface area contributed by atoms with E-state index in [-0.39, 0.29) is 18.5 Å². The van der Waals surface area contributed by atoms with Crippen LogP contribution in [0, 0.1) is 5.92 Å². The molecule has 2 N–H and O–H groups in total. The van der Waals surface area contributed by atoms with Gasteiger partial charge in [-0.1, -0.05) is 6.92 Å². The zero-order valence-corrected chi connectivity index (χ0v) is 10.2. The van der Waals surface area contributed by atoms with E-state index in [1.807, 2.05) is 0 Å².